The van der Waals surface area contributed by atoms with E-state index in [2.05, 4.69) is 15.0 Å². The number of fused-ring (bicyclic) bond motifs is 1. The Bertz CT molecular complexity index is 1090. The Kier molecular flexibility index (Phi) is 6.23. The van der Waals surface area contributed by atoms with Crippen LogP contribution in [-0.2, 0) is 9.53 Å². The number of nitrogens with one attached hydrogen (secondary N) is 2. The molecule has 2 aromatic carbocycles. The van der Waals surface area contributed by atoms with E-state index in [1.165, 1.54) is 32.4 Å². The summed E-state index contributed by atoms with van der Waals surface area (Å²) < 4.78 is 55.6. The van der Waals surface area contributed by atoms with Gasteiger partial charge in [0, 0.05) is 17.1 Å². The maximum absolute atomic E-state index is 12.3. The fourth-order valence-corrected chi connectivity index (χ4v) is 2.72. The summed E-state index contributed by atoms with van der Waals surface area (Å²) in [5.74, 6) is -0.879. The van der Waals surface area contributed by atoms with Gasteiger partial charge in [-0.3, -0.25) is 4.79 Å². The van der Waals surface area contributed by atoms with Crippen molar-refractivity contribution >= 4 is 28.5 Å². The first-order chi connectivity index (χ1) is 14.7. The van der Waals surface area contributed by atoms with E-state index in [4.69, 9.17) is 14.2 Å². The van der Waals surface area contributed by atoms with Crippen molar-refractivity contribution in [2.75, 3.05) is 26.1 Å². The first-order valence-electron chi connectivity index (χ1n) is 8.76. The second-order valence-electron chi connectivity index (χ2n) is 6.17. The molecule has 31 heavy (non-hydrogen) atoms. The number of amides is 1. The number of H-pyrrole nitrogens is 1. The van der Waals surface area contributed by atoms with Gasteiger partial charge in [-0.2, -0.15) is 0 Å². The molecule has 2 N–H and O–H groups in total. The zero-order valence-corrected chi connectivity index (χ0v) is 16.3. The molecule has 0 spiro atoms. The molecule has 3 aromatic rings. The van der Waals surface area contributed by atoms with Gasteiger partial charge in [-0.05, 0) is 36.4 Å². The zero-order valence-electron chi connectivity index (χ0n) is 16.3. The number of carbonyl (C=O) groups is 2. The molecule has 3 rings (SSSR count). The highest BCUT2D eigenvalue weighted by Gasteiger charge is 2.31. The van der Waals surface area contributed by atoms with Crippen LogP contribution in [0.25, 0.3) is 10.9 Å². The van der Waals surface area contributed by atoms with E-state index in [0.717, 1.165) is 12.1 Å². The molecule has 0 atom stereocenters. The third-order valence-electron chi connectivity index (χ3n) is 4.05. The highest BCUT2D eigenvalue weighted by molar-refractivity contribution is 5.99. The molecule has 0 radical (unpaired) electrons. The summed E-state index contributed by atoms with van der Waals surface area (Å²) in [6, 6.07) is 9.40. The number of ether oxygens (including phenoxy) is 4. The minimum Gasteiger partial charge on any atom is -0.497 e. The van der Waals surface area contributed by atoms with Crippen LogP contribution in [0.3, 0.4) is 0 Å². The number of aromatic amines is 1. The van der Waals surface area contributed by atoms with E-state index in [9.17, 15) is 22.8 Å². The summed E-state index contributed by atoms with van der Waals surface area (Å²) in [5.41, 5.74) is 0.863. The highest BCUT2D eigenvalue weighted by Crippen LogP contribution is 2.31. The molecule has 164 valence electrons. The molecule has 0 unspecified atom stereocenters. The number of halogens is 3. The summed E-state index contributed by atoms with van der Waals surface area (Å²) in [4.78, 5) is 27.1. The number of rotatable bonds is 7. The fraction of sp³-hybridized carbons (Fsp3) is 0.200. The van der Waals surface area contributed by atoms with Crippen LogP contribution < -0.4 is 19.5 Å². The monoisotopic (exact) mass is 438 g/mol. The van der Waals surface area contributed by atoms with Gasteiger partial charge in [0.15, 0.2) is 6.61 Å². The third kappa shape index (κ3) is 5.59. The smallest absolute Gasteiger partial charge is 0.497 e. The van der Waals surface area contributed by atoms with E-state index in [1.54, 1.807) is 12.1 Å². The van der Waals surface area contributed by atoms with Crippen LogP contribution in [0.5, 0.6) is 17.2 Å². The van der Waals surface area contributed by atoms with Gasteiger partial charge >= 0.3 is 12.3 Å². The van der Waals surface area contributed by atoms with Crippen molar-refractivity contribution in [1.82, 2.24) is 4.98 Å². The first-order valence-corrected chi connectivity index (χ1v) is 8.76. The minimum absolute atomic E-state index is 0.100. The number of alkyl halides is 3. The summed E-state index contributed by atoms with van der Waals surface area (Å²) in [6.07, 6.45) is -4.81. The molecule has 8 nitrogen and oxygen atoms in total. The van der Waals surface area contributed by atoms with Crippen molar-refractivity contribution < 1.29 is 41.7 Å². The highest BCUT2D eigenvalue weighted by atomic mass is 19.4. The molecule has 1 heterocycles. The van der Waals surface area contributed by atoms with Crippen molar-refractivity contribution in [3.8, 4) is 17.2 Å². The van der Waals surface area contributed by atoms with Gasteiger partial charge < -0.3 is 29.2 Å². The molecule has 0 saturated carbocycles. The molecule has 11 heteroatoms. The van der Waals surface area contributed by atoms with E-state index in [1.807, 2.05) is 0 Å². The topological polar surface area (TPSA) is 98.9 Å². The molecule has 0 saturated heterocycles. The van der Waals surface area contributed by atoms with Crippen molar-refractivity contribution in [2.24, 2.45) is 0 Å². The number of hydrogen-bond donors (Lipinski definition) is 2. The third-order valence-corrected chi connectivity index (χ3v) is 4.05. The van der Waals surface area contributed by atoms with Gasteiger partial charge in [-0.1, -0.05) is 0 Å². The predicted octanol–water partition coefficient (Wildman–Crippen LogP) is 3.88. The van der Waals surface area contributed by atoms with Gasteiger partial charge in [-0.25, -0.2) is 4.79 Å². The van der Waals surface area contributed by atoms with Gasteiger partial charge in [0.05, 0.1) is 19.7 Å². The second kappa shape index (κ2) is 8.86. The Morgan fingerprint density at radius 3 is 2.32 bits per heavy atom. The molecule has 0 aliphatic carbocycles. The number of aromatic nitrogens is 1. The zero-order chi connectivity index (χ0) is 22.6. The number of esters is 1. The summed E-state index contributed by atoms with van der Waals surface area (Å²) in [5, 5.41) is 3.05. The lowest BCUT2D eigenvalue weighted by Crippen LogP contribution is -2.21. The molecular weight excluding hydrogens is 421 g/mol. The maximum atomic E-state index is 12.3. The summed E-state index contributed by atoms with van der Waals surface area (Å²) in [7, 11) is 2.97. The van der Waals surface area contributed by atoms with Crippen molar-refractivity contribution in [1.29, 1.82) is 0 Å². The number of methoxy groups -OCH3 is 2. The van der Waals surface area contributed by atoms with E-state index >= 15 is 0 Å². The number of carbonyl (C=O) groups excluding carboxylic acids is 2. The maximum Gasteiger partial charge on any atom is 0.573 e. The Morgan fingerprint density at radius 2 is 1.71 bits per heavy atom. The predicted molar refractivity (Wildman–Crippen MR) is 103 cm³/mol. The van der Waals surface area contributed by atoms with Crippen LogP contribution in [0.2, 0.25) is 0 Å². The van der Waals surface area contributed by atoms with E-state index in [-0.39, 0.29) is 11.4 Å². The SMILES string of the molecule is COc1cc(OC)c2[nH]c(C(=O)OCC(=O)Nc3ccc(OC(F)(F)F)cc3)cc2c1. The van der Waals surface area contributed by atoms with Gasteiger partial charge in [0.2, 0.25) is 0 Å². The van der Waals surface area contributed by atoms with Crippen molar-refractivity contribution in [2.45, 2.75) is 6.36 Å². The quantitative estimate of drug-likeness (QED) is 0.544. The molecule has 1 aromatic heterocycles. The number of benzene rings is 2. The Balaban J connectivity index is 1.59. The molecule has 0 bridgehead atoms. The number of anilines is 1. The fourth-order valence-electron chi connectivity index (χ4n) is 2.72. The summed E-state index contributed by atoms with van der Waals surface area (Å²) in [6.45, 7) is -0.602. The van der Waals surface area contributed by atoms with E-state index in [0.29, 0.717) is 22.4 Å². The lowest BCUT2D eigenvalue weighted by Gasteiger charge is -2.10. The van der Waals surface area contributed by atoms with Crippen LogP contribution in [0.1, 0.15) is 10.5 Å². The van der Waals surface area contributed by atoms with E-state index < -0.39 is 30.6 Å². The Morgan fingerprint density at radius 1 is 1.00 bits per heavy atom. The molecule has 0 fully saturated rings. The van der Waals surface area contributed by atoms with Gasteiger partial charge in [0.1, 0.15) is 22.9 Å². The van der Waals surface area contributed by atoms with Crippen LogP contribution in [-0.4, -0.2) is 44.0 Å². The lowest BCUT2D eigenvalue weighted by molar-refractivity contribution is -0.274. The average molecular weight is 438 g/mol. The molecule has 0 aliphatic heterocycles. The lowest BCUT2D eigenvalue weighted by atomic mass is 10.2. The van der Waals surface area contributed by atoms with Crippen LogP contribution >= 0.6 is 0 Å². The normalized spacial score (nSPS) is 11.1. The molecular formula is C20H17F3N2O6. The van der Waals surface area contributed by atoms with Crippen molar-refractivity contribution in [3.05, 3.63) is 48.2 Å². The number of hydrogen-bond acceptors (Lipinski definition) is 6. The van der Waals surface area contributed by atoms with Crippen molar-refractivity contribution in [3.63, 3.8) is 0 Å². The Labute approximate surface area is 173 Å². The standard InChI is InChI=1S/C20H17F3N2O6/c1-28-14-7-11-8-15(25-18(11)16(9-14)29-2)19(27)30-10-17(26)24-12-3-5-13(6-4-12)31-20(21,22)23/h3-9,25H,10H2,1-2H3,(H,24,26). The average Bonchev–Trinajstić information content (AvgIpc) is 3.16. The largest absolute Gasteiger partial charge is 0.573 e. The van der Waals surface area contributed by atoms with Gasteiger partial charge in [-0.15, -0.1) is 13.2 Å². The van der Waals surface area contributed by atoms with Gasteiger partial charge in [0.25, 0.3) is 5.91 Å². The first kappa shape index (κ1) is 21.8. The Hall–Kier alpha value is -3.89. The molecule has 0 aliphatic rings. The summed E-state index contributed by atoms with van der Waals surface area (Å²) >= 11 is 0. The minimum atomic E-state index is -4.81. The van der Waals surface area contributed by atoms with Crippen LogP contribution in [0, 0.1) is 0 Å². The van der Waals surface area contributed by atoms with Crippen LogP contribution in [0.15, 0.2) is 42.5 Å². The molecule has 1 amide bonds. The van der Waals surface area contributed by atoms with Crippen LogP contribution in [0.4, 0.5) is 18.9 Å². The second-order valence-corrected chi connectivity index (χ2v) is 6.17.